The molecule has 8 heteroatoms. The Morgan fingerprint density at radius 1 is 1.42 bits per heavy atom. The molecule has 108 valence electrons. The molecule has 0 spiro atoms. The van der Waals surface area contributed by atoms with Gasteiger partial charge < -0.3 is 10.8 Å². The minimum Gasteiger partial charge on any atom is -0.395 e. The largest absolute Gasteiger partial charge is 0.395 e. The molecule has 1 aromatic heterocycles. The summed E-state index contributed by atoms with van der Waals surface area (Å²) in [5.41, 5.74) is 5.60. The lowest BCUT2D eigenvalue weighted by molar-refractivity contribution is 0.199. The molecular weight excluding hydrogens is 268 g/mol. The Hall–Kier alpha value is -1.12. The van der Waals surface area contributed by atoms with E-state index in [4.69, 9.17) is 10.8 Å². The van der Waals surface area contributed by atoms with Gasteiger partial charge in [0.05, 0.1) is 12.8 Å². The monoisotopic (exact) mass is 288 g/mol. The predicted octanol–water partition coefficient (Wildman–Crippen LogP) is 0.308. The van der Waals surface area contributed by atoms with E-state index in [2.05, 4.69) is 10.2 Å². The van der Waals surface area contributed by atoms with Crippen molar-refractivity contribution in [3.8, 4) is 0 Å². The van der Waals surface area contributed by atoms with Gasteiger partial charge in [0.15, 0.2) is 0 Å². The number of aliphatic hydroxyl groups is 1. The first kappa shape index (κ1) is 14.3. The number of hydrogen-bond acceptors (Lipinski definition) is 5. The molecule has 2 rings (SSSR count). The van der Waals surface area contributed by atoms with Gasteiger partial charge in [-0.1, -0.05) is 19.3 Å². The standard InChI is InChI=1S/C11H20N4O3S/c12-11-10(8-13-14-11)19(17,18)15(6-7-16)9-4-2-1-3-5-9/h8-9,16H,1-7H2,(H3,12,13,14). The average Bonchev–Trinajstić information content (AvgIpc) is 2.84. The van der Waals surface area contributed by atoms with E-state index < -0.39 is 10.0 Å². The number of rotatable bonds is 5. The number of H-pyrrole nitrogens is 1. The van der Waals surface area contributed by atoms with Crippen molar-refractivity contribution in [3.05, 3.63) is 6.20 Å². The first-order chi connectivity index (χ1) is 9.07. The minimum atomic E-state index is -3.70. The van der Waals surface area contributed by atoms with Crippen LogP contribution in [0, 0.1) is 0 Å². The minimum absolute atomic E-state index is 0.00785. The lowest BCUT2D eigenvalue weighted by atomic mass is 9.95. The third-order valence-electron chi connectivity index (χ3n) is 3.52. The van der Waals surface area contributed by atoms with Crippen LogP contribution < -0.4 is 5.73 Å². The molecule has 1 fully saturated rings. The van der Waals surface area contributed by atoms with Crippen molar-refractivity contribution in [2.24, 2.45) is 0 Å². The van der Waals surface area contributed by atoms with Crippen molar-refractivity contribution in [1.82, 2.24) is 14.5 Å². The molecule has 19 heavy (non-hydrogen) atoms. The summed E-state index contributed by atoms with van der Waals surface area (Å²) in [5.74, 6) is 0.0405. The summed E-state index contributed by atoms with van der Waals surface area (Å²) in [7, 11) is -3.70. The average molecular weight is 288 g/mol. The Labute approximate surface area is 112 Å². The number of aromatic amines is 1. The first-order valence-electron chi connectivity index (χ1n) is 6.49. The summed E-state index contributed by atoms with van der Waals surface area (Å²) in [6.07, 6.45) is 6.05. The summed E-state index contributed by atoms with van der Waals surface area (Å²) in [6, 6.07) is -0.0554. The number of aliphatic hydroxyl groups excluding tert-OH is 1. The molecule has 1 heterocycles. The van der Waals surface area contributed by atoms with Gasteiger partial charge in [-0.2, -0.15) is 9.40 Å². The number of nitrogens with two attached hydrogens (primary N) is 1. The van der Waals surface area contributed by atoms with E-state index in [1.165, 1.54) is 10.5 Å². The van der Waals surface area contributed by atoms with Crippen molar-refractivity contribution in [1.29, 1.82) is 0 Å². The second kappa shape index (κ2) is 5.89. The van der Waals surface area contributed by atoms with E-state index in [9.17, 15) is 8.42 Å². The number of anilines is 1. The summed E-state index contributed by atoms with van der Waals surface area (Å²) in [5, 5.41) is 15.2. The summed E-state index contributed by atoms with van der Waals surface area (Å²) >= 11 is 0. The third kappa shape index (κ3) is 2.90. The first-order valence-corrected chi connectivity index (χ1v) is 7.93. The van der Waals surface area contributed by atoms with E-state index in [0.29, 0.717) is 0 Å². The highest BCUT2D eigenvalue weighted by Crippen LogP contribution is 2.28. The van der Waals surface area contributed by atoms with E-state index in [1.54, 1.807) is 0 Å². The number of nitrogen functional groups attached to an aromatic ring is 1. The Bertz CT molecular complexity index is 508. The number of nitrogens with one attached hydrogen (secondary N) is 1. The topological polar surface area (TPSA) is 112 Å². The fourth-order valence-electron chi connectivity index (χ4n) is 2.58. The lowest BCUT2D eigenvalue weighted by Gasteiger charge is -2.32. The molecule has 7 nitrogen and oxygen atoms in total. The van der Waals surface area contributed by atoms with Crippen molar-refractivity contribution < 1.29 is 13.5 Å². The molecule has 0 aliphatic heterocycles. The second-order valence-electron chi connectivity index (χ2n) is 4.78. The molecule has 0 radical (unpaired) electrons. The number of sulfonamides is 1. The molecule has 1 aliphatic carbocycles. The highest BCUT2D eigenvalue weighted by molar-refractivity contribution is 7.89. The molecule has 1 aromatic rings. The van der Waals surface area contributed by atoms with Crippen LogP contribution in [0.4, 0.5) is 5.82 Å². The molecule has 0 bridgehead atoms. The van der Waals surface area contributed by atoms with Crippen LogP contribution in [0.1, 0.15) is 32.1 Å². The predicted molar refractivity (Wildman–Crippen MR) is 70.9 cm³/mol. The normalized spacial score (nSPS) is 18.0. The van der Waals surface area contributed by atoms with E-state index >= 15 is 0 Å². The SMILES string of the molecule is Nc1[nH]ncc1S(=O)(=O)N(CCO)C1CCCCC1. The van der Waals surface area contributed by atoms with Crippen LogP contribution in [-0.4, -0.2) is 47.2 Å². The van der Waals surface area contributed by atoms with Gasteiger partial charge in [0.25, 0.3) is 0 Å². The van der Waals surface area contributed by atoms with Crippen molar-refractivity contribution >= 4 is 15.8 Å². The number of aromatic nitrogens is 2. The molecule has 0 saturated heterocycles. The lowest BCUT2D eigenvalue weighted by Crippen LogP contribution is -2.43. The zero-order valence-corrected chi connectivity index (χ0v) is 11.6. The van der Waals surface area contributed by atoms with E-state index in [-0.39, 0.29) is 29.9 Å². The number of nitrogens with zero attached hydrogens (tertiary/aromatic N) is 2. The zero-order valence-electron chi connectivity index (χ0n) is 10.7. The Balaban J connectivity index is 2.29. The maximum atomic E-state index is 12.6. The van der Waals surface area contributed by atoms with Crippen LogP contribution in [0.25, 0.3) is 0 Å². The van der Waals surface area contributed by atoms with Gasteiger partial charge in [-0.25, -0.2) is 8.42 Å². The fraction of sp³-hybridized carbons (Fsp3) is 0.727. The number of hydrogen-bond donors (Lipinski definition) is 3. The highest BCUT2D eigenvalue weighted by atomic mass is 32.2. The maximum Gasteiger partial charge on any atom is 0.248 e. The third-order valence-corrected chi connectivity index (χ3v) is 5.50. The molecular formula is C11H20N4O3S. The summed E-state index contributed by atoms with van der Waals surface area (Å²) in [4.78, 5) is -0.00785. The van der Waals surface area contributed by atoms with Crippen molar-refractivity contribution in [3.63, 3.8) is 0 Å². The highest BCUT2D eigenvalue weighted by Gasteiger charge is 2.33. The van der Waals surface area contributed by atoms with Gasteiger partial charge >= 0.3 is 0 Å². The van der Waals surface area contributed by atoms with Crippen LogP contribution in [-0.2, 0) is 10.0 Å². The smallest absolute Gasteiger partial charge is 0.248 e. The molecule has 0 aromatic carbocycles. The van der Waals surface area contributed by atoms with E-state index in [0.717, 1.165) is 32.1 Å². The fourth-order valence-corrected chi connectivity index (χ4v) is 4.27. The van der Waals surface area contributed by atoms with E-state index in [1.807, 2.05) is 0 Å². The van der Waals surface area contributed by atoms with Gasteiger partial charge in [-0.05, 0) is 12.8 Å². The maximum absolute atomic E-state index is 12.6. The zero-order chi connectivity index (χ0) is 13.9. The Morgan fingerprint density at radius 3 is 2.63 bits per heavy atom. The van der Waals surface area contributed by atoms with Crippen LogP contribution >= 0.6 is 0 Å². The van der Waals surface area contributed by atoms with Gasteiger partial charge in [0.2, 0.25) is 10.0 Å². The molecule has 0 amide bonds. The summed E-state index contributed by atoms with van der Waals surface area (Å²) < 4.78 is 26.5. The van der Waals surface area contributed by atoms with Gasteiger partial charge in [-0.15, -0.1) is 0 Å². The second-order valence-corrected chi connectivity index (χ2v) is 6.64. The van der Waals surface area contributed by atoms with Crippen LogP contribution in [0.5, 0.6) is 0 Å². The Kier molecular flexibility index (Phi) is 4.43. The summed E-state index contributed by atoms with van der Waals surface area (Å²) in [6.45, 7) is -0.106. The van der Waals surface area contributed by atoms with Gasteiger partial charge in [0, 0.05) is 12.6 Å². The Morgan fingerprint density at radius 2 is 2.11 bits per heavy atom. The quantitative estimate of drug-likeness (QED) is 0.721. The van der Waals surface area contributed by atoms with Crippen LogP contribution in [0.3, 0.4) is 0 Å². The van der Waals surface area contributed by atoms with Crippen molar-refractivity contribution in [2.75, 3.05) is 18.9 Å². The molecule has 0 atom stereocenters. The molecule has 1 saturated carbocycles. The van der Waals surface area contributed by atoms with Crippen molar-refractivity contribution in [2.45, 2.75) is 43.0 Å². The van der Waals surface area contributed by atoms with Gasteiger partial charge in [-0.3, -0.25) is 5.10 Å². The molecule has 4 N–H and O–H groups in total. The molecule has 1 aliphatic rings. The molecule has 0 unspecified atom stereocenters. The van der Waals surface area contributed by atoms with Crippen LogP contribution in [0.15, 0.2) is 11.1 Å². The van der Waals surface area contributed by atoms with Gasteiger partial charge in [0.1, 0.15) is 10.7 Å². The van der Waals surface area contributed by atoms with Crippen LogP contribution in [0.2, 0.25) is 0 Å².